The van der Waals surface area contributed by atoms with Crippen molar-refractivity contribution < 1.29 is 4.79 Å². The van der Waals surface area contributed by atoms with Gasteiger partial charge in [0.1, 0.15) is 11.8 Å². The number of nitrogens with zero attached hydrogens (tertiary/aromatic N) is 5. The Morgan fingerprint density at radius 3 is 2.96 bits per heavy atom. The number of aromatic nitrogens is 5. The van der Waals surface area contributed by atoms with Crippen LogP contribution in [0.25, 0.3) is 11.2 Å². The van der Waals surface area contributed by atoms with Crippen LogP contribution in [0.1, 0.15) is 18.7 Å². The van der Waals surface area contributed by atoms with E-state index in [1.807, 2.05) is 25.1 Å². The third-order valence-corrected chi connectivity index (χ3v) is 3.45. The number of fused-ring (bicyclic) bond motifs is 1. The average molecular weight is 311 g/mol. The van der Waals surface area contributed by atoms with Crippen molar-refractivity contribution in [1.29, 1.82) is 0 Å². The summed E-state index contributed by atoms with van der Waals surface area (Å²) in [6, 6.07) is 5.46. The molecule has 3 aromatic rings. The zero-order chi connectivity index (χ0) is 16.2. The van der Waals surface area contributed by atoms with E-state index in [4.69, 9.17) is 0 Å². The Kier molecular flexibility index (Phi) is 4.13. The number of likely N-dealkylation sites (N-methyl/N-ethyl adjacent to an activating group) is 1. The summed E-state index contributed by atoms with van der Waals surface area (Å²) in [4.78, 5) is 33.6. The minimum atomic E-state index is -0.158. The van der Waals surface area contributed by atoms with Crippen LogP contribution >= 0.6 is 0 Å². The fourth-order valence-electron chi connectivity index (χ4n) is 2.33. The second-order valence-corrected chi connectivity index (χ2v) is 5.20. The number of hydrogen-bond donors (Lipinski definition) is 2. The molecule has 3 heterocycles. The maximum Gasteiger partial charge on any atom is 0.240 e. The van der Waals surface area contributed by atoms with E-state index in [1.165, 1.54) is 6.33 Å². The van der Waals surface area contributed by atoms with Crippen LogP contribution in [-0.4, -0.2) is 44.4 Å². The van der Waals surface area contributed by atoms with Gasteiger partial charge in [0.15, 0.2) is 11.5 Å². The van der Waals surface area contributed by atoms with Gasteiger partial charge in [-0.25, -0.2) is 15.0 Å². The van der Waals surface area contributed by atoms with Gasteiger partial charge in [0, 0.05) is 13.2 Å². The molecule has 1 amide bonds. The largest absolute Gasteiger partial charge is 0.348 e. The third kappa shape index (κ3) is 3.25. The Hall–Kier alpha value is -3.03. The summed E-state index contributed by atoms with van der Waals surface area (Å²) in [6.07, 6.45) is 4.70. The van der Waals surface area contributed by atoms with Crippen LogP contribution < -0.4 is 10.2 Å². The molecule has 2 N–H and O–H groups in total. The van der Waals surface area contributed by atoms with Crippen LogP contribution in [0.5, 0.6) is 0 Å². The summed E-state index contributed by atoms with van der Waals surface area (Å²) in [5, 5.41) is 2.93. The summed E-state index contributed by atoms with van der Waals surface area (Å²) < 4.78 is 0. The molecule has 0 bridgehead atoms. The summed E-state index contributed by atoms with van der Waals surface area (Å²) in [5.74, 6) is 0.519. The minimum Gasteiger partial charge on any atom is -0.348 e. The highest BCUT2D eigenvalue weighted by Crippen LogP contribution is 2.18. The van der Waals surface area contributed by atoms with Gasteiger partial charge in [0.2, 0.25) is 5.91 Å². The lowest BCUT2D eigenvalue weighted by Crippen LogP contribution is -2.37. The highest BCUT2D eigenvalue weighted by atomic mass is 16.2. The Morgan fingerprint density at radius 2 is 2.17 bits per heavy atom. The van der Waals surface area contributed by atoms with E-state index in [-0.39, 0.29) is 18.5 Å². The lowest BCUT2D eigenvalue weighted by atomic mass is 10.2. The molecule has 0 aliphatic heterocycles. The number of imidazole rings is 1. The standard InChI is InChI=1S/C15H17N7O/c1-10(11-5-3-4-6-16-11)21-12(23)7-22(2)15-13-14(18-8-17-13)19-9-20-15/h3-6,8-10H,7H2,1-2H3,(H,21,23)(H,17,18,19,20)/t10-/m0/s1. The molecule has 1 atom stereocenters. The normalized spacial score (nSPS) is 12.1. The first-order valence-corrected chi connectivity index (χ1v) is 7.20. The molecule has 23 heavy (non-hydrogen) atoms. The SMILES string of the molecule is C[C@H](NC(=O)CN(C)c1ncnc2nc[nH]c12)c1ccccn1. The lowest BCUT2D eigenvalue weighted by molar-refractivity contribution is -0.120. The Bertz CT molecular complexity index is 802. The molecule has 0 radical (unpaired) electrons. The van der Waals surface area contributed by atoms with E-state index in [0.717, 1.165) is 5.69 Å². The third-order valence-electron chi connectivity index (χ3n) is 3.45. The highest BCUT2D eigenvalue weighted by Gasteiger charge is 2.15. The van der Waals surface area contributed by atoms with Gasteiger partial charge in [-0.1, -0.05) is 6.07 Å². The Balaban J connectivity index is 1.67. The molecule has 0 aliphatic rings. The van der Waals surface area contributed by atoms with E-state index in [9.17, 15) is 4.79 Å². The highest BCUT2D eigenvalue weighted by molar-refractivity contribution is 5.87. The summed E-state index contributed by atoms with van der Waals surface area (Å²) in [7, 11) is 1.80. The predicted octanol–water partition coefficient (Wildman–Crippen LogP) is 1.06. The van der Waals surface area contributed by atoms with Crippen molar-refractivity contribution in [1.82, 2.24) is 30.2 Å². The summed E-state index contributed by atoms with van der Waals surface area (Å²) >= 11 is 0. The molecule has 0 saturated heterocycles. The molecule has 0 unspecified atom stereocenters. The predicted molar refractivity (Wildman–Crippen MR) is 85.7 cm³/mol. The average Bonchev–Trinajstić information content (AvgIpc) is 3.03. The van der Waals surface area contributed by atoms with Gasteiger partial charge < -0.3 is 15.2 Å². The van der Waals surface area contributed by atoms with E-state index in [2.05, 4.69) is 30.2 Å². The van der Waals surface area contributed by atoms with Crippen molar-refractivity contribution in [3.05, 3.63) is 42.7 Å². The van der Waals surface area contributed by atoms with Gasteiger partial charge in [-0.15, -0.1) is 0 Å². The zero-order valence-corrected chi connectivity index (χ0v) is 12.9. The van der Waals surface area contributed by atoms with Crippen LogP contribution in [-0.2, 0) is 4.79 Å². The molecule has 0 spiro atoms. The van der Waals surface area contributed by atoms with Gasteiger partial charge in [-0.05, 0) is 19.1 Å². The zero-order valence-electron chi connectivity index (χ0n) is 12.9. The minimum absolute atomic E-state index is 0.114. The van der Waals surface area contributed by atoms with Gasteiger partial charge in [0.25, 0.3) is 0 Å². The van der Waals surface area contributed by atoms with E-state index in [0.29, 0.717) is 17.0 Å². The number of nitrogens with one attached hydrogen (secondary N) is 2. The van der Waals surface area contributed by atoms with Crippen LogP contribution in [0.3, 0.4) is 0 Å². The lowest BCUT2D eigenvalue weighted by Gasteiger charge is -2.19. The molecule has 0 aliphatic carbocycles. The van der Waals surface area contributed by atoms with Crippen LogP contribution in [0.2, 0.25) is 0 Å². The number of pyridine rings is 1. The smallest absolute Gasteiger partial charge is 0.240 e. The molecule has 0 aromatic carbocycles. The molecule has 0 saturated carbocycles. The van der Waals surface area contributed by atoms with Crippen molar-refractivity contribution in [3.63, 3.8) is 0 Å². The monoisotopic (exact) mass is 311 g/mol. The van der Waals surface area contributed by atoms with Gasteiger partial charge in [0.05, 0.1) is 24.6 Å². The first kappa shape index (κ1) is 14.9. The molecule has 3 aromatic heterocycles. The maximum atomic E-state index is 12.2. The van der Waals surface area contributed by atoms with Crippen molar-refractivity contribution in [2.45, 2.75) is 13.0 Å². The molecule has 8 nitrogen and oxygen atoms in total. The van der Waals surface area contributed by atoms with Crippen LogP contribution in [0.15, 0.2) is 37.1 Å². The Labute approximate surface area is 133 Å². The summed E-state index contributed by atoms with van der Waals surface area (Å²) in [6.45, 7) is 2.07. The van der Waals surface area contributed by atoms with Crippen molar-refractivity contribution >= 4 is 22.9 Å². The van der Waals surface area contributed by atoms with Gasteiger partial charge in [-0.2, -0.15) is 0 Å². The number of aromatic amines is 1. The number of amides is 1. The van der Waals surface area contributed by atoms with Crippen LogP contribution in [0.4, 0.5) is 5.82 Å². The van der Waals surface area contributed by atoms with E-state index >= 15 is 0 Å². The maximum absolute atomic E-state index is 12.2. The summed E-state index contributed by atoms with van der Waals surface area (Å²) in [5.41, 5.74) is 2.10. The number of H-pyrrole nitrogens is 1. The molecule has 8 heteroatoms. The molecule has 118 valence electrons. The topological polar surface area (TPSA) is 99.7 Å². The van der Waals surface area contributed by atoms with Crippen molar-refractivity contribution in [3.8, 4) is 0 Å². The van der Waals surface area contributed by atoms with Crippen molar-refractivity contribution in [2.24, 2.45) is 0 Å². The first-order valence-electron chi connectivity index (χ1n) is 7.20. The number of carbonyl (C=O) groups is 1. The fraction of sp³-hybridized carbons (Fsp3) is 0.267. The second-order valence-electron chi connectivity index (χ2n) is 5.20. The molecular formula is C15H17N7O. The Morgan fingerprint density at radius 1 is 1.30 bits per heavy atom. The number of anilines is 1. The first-order chi connectivity index (χ1) is 11.1. The number of carbonyl (C=O) groups excluding carboxylic acids is 1. The number of hydrogen-bond acceptors (Lipinski definition) is 6. The van der Waals surface area contributed by atoms with E-state index < -0.39 is 0 Å². The van der Waals surface area contributed by atoms with Gasteiger partial charge >= 0.3 is 0 Å². The molecule has 3 rings (SSSR count). The van der Waals surface area contributed by atoms with E-state index in [1.54, 1.807) is 24.5 Å². The van der Waals surface area contributed by atoms with Crippen LogP contribution in [0, 0.1) is 0 Å². The number of rotatable bonds is 5. The van der Waals surface area contributed by atoms with Crippen molar-refractivity contribution in [2.75, 3.05) is 18.5 Å². The second kappa shape index (κ2) is 6.39. The quantitative estimate of drug-likeness (QED) is 0.731. The van der Waals surface area contributed by atoms with Gasteiger partial charge in [-0.3, -0.25) is 9.78 Å². The molecule has 0 fully saturated rings. The molecular weight excluding hydrogens is 294 g/mol. The fourth-order valence-corrected chi connectivity index (χ4v) is 2.33.